The second-order valence-electron chi connectivity index (χ2n) is 4.75. The van der Waals surface area contributed by atoms with Gasteiger partial charge >= 0.3 is 0 Å². The van der Waals surface area contributed by atoms with Crippen molar-refractivity contribution in [3.8, 4) is 5.88 Å². The predicted octanol–water partition coefficient (Wildman–Crippen LogP) is 1.51. The standard InChI is InChI=1S/C12H20N2O2/c1-12(2,3)14-8-10(15)9-6-5-7-13-11(9)16-4/h5-7,10,14-15H,8H2,1-4H3/t10-/m0/s1. The largest absolute Gasteiger partial charge is 0.481 e. The van der Waals surface area contributed by atoms with Crippen LogP contribution in [0.15, 0.2) is 18.3 Å². The van der Waals surface area contributed by atoms with Gasteiger partial charge in [-0.15, -0.1) is 0 Å². The maximum absolute atomic E-state index is 10.0. The van der Waals surface area contributed by atoms with Crippen LogP contribution in [0.5, 0.6) is 5.88 Å². The van der Waals surface area contributed by atoms with Crippen LogP contribution in [0.1, 0.15) is 32.4 Å². The van der Waals surface area contributed by atoms with E-state index in [1.54, 1.807) is 19.4 Å². The topological polar surface area (TPSA) is 54.4 Å². The average Bonchev–Trinajstić information content (AvgIpc) is 2.25. The van der Waals surface area contributed by atoms with Crippen LogP contribution in [0, 0.1) is 0 Å². The van der Waals surface area contributed by atoms with Gasteiger partial charge in [0.25, 0.3) is 0 Å². The van der Waals surface area contributed by atoms with Gasteiger partial charge in [0.15, 0.2) is 0 Å². The molecule has 90 valence electrons. The third-order valence-corrected chi connectivity index (χ3v) is 2.18. The summed E-state index contributed by atoms with van der Waals surface area (Å²) in [5.41, 5.74) is 0.693. The molecule has 1 rings (SSSR count). The predicted molar refractivity (Wildman–Crippen MR) is 63.5 cm³/mol. The molecule has 1 aromatic rings. The lowest BCUT2D eigenvalue weighted by atomic mass is 10.1. The molecule has 0 amide bonds. The van der Waals surface area contributed by atoms with Gasteiger partial charge in [-0.25, -0.2) is 4.98 Å². The zero-order chi connectivity index (χ0) is 12.2. The van der Waals surface area contributed by atoms with Crippen molar-refractivity contribution in [1.82, 2.24) is 10.3 Å². The van der Waals surface area contributed by atoms with E-state index < -0.39 is 6.10 Å². The fourth-order valence-corrected chi connectivity index (χ4v) is 1.34. The van der Waals surface area contributed by atoms with E-state index in [2.05, 4.69) is 31.1 Å². The lowest BCUT2D eigenvalue weighted by molar-refractivity contribution is 0.158. The van der Waals surface area contributed by atoms with E-state index in [0.717, 1.165) is 0 Å². The van der Waals surface area contributed by atoms with Gasteiger partial charge < -0.3 is 15.2 Å². The third-order valence-electron chi connectivity index (χ3n) is 2.18. The molecule has 1 heterocycles. The highest BCUT2D eigenvalue weighted by Crippen LogP contribution is 2.21. The molecule has 0 saturated heterocycles. The van der Waals surface area contributed by atoms with Crippen LogP contribution in [0.25, 0.3) is 0 Å². The summed E-state index contributed by atoms with van der Waals surface area (Å²) in [4.78, 5) is 4.05. The van der Waals surface area contributed by atoms with Crippen LogP contribution in [0.3, 0.4) is 0 Å². The Morgan fingerprint density at radius 1 is 1.50 bits per heavy atom. The van der Waals surface area contributed by atoms with Gasteiger partial charge in [0, 0.05) is 23.8 Å². The Bertz CT molecular complexity index is 334. The molecule has 0 fully saturated rings. The molecular weight excluding hydrogens is 204 g/mol. The number of hydrogen-bond donors (Lipinski definition) is 2. The number of methoxy groups -OCH3 is 1. The third kappa shape index (κ3) is 3.79. The SMILES string of the molecule is COc1ncccc1[C@@H](O)CNC(C)(C)C. The number of nitrogens with one attached hydrogen (secondary N) is 1. The Morgan fingerprint density at radius 3 is 2.75 bits per heavy atom. The minimum absolute atomic E-state index is 0.0174. The maximum atomic E-state index is 10.0. The van der Waals surface area contributed by atoms with Gasteiger partial charge in [-0.05, 0) is 32.9 Å². The summed E-state index contributed by atoms with van der Waals surface area (Å²) in [6.45, 7) is 6.64. The number of ether oxygens (including phenoxy) is 1. The number of aromatic nitrogens is 1. The summed E-state index contributed by atoms with van der Waals surface area (Å²) >= 11 is 0. The first-order valence-electron chi connectivity index (χ1n) is 5.36. The summed E-state index contributed by atoms with van der Waals surface area (Å²) in [6, 6.07) is 3.61. The van der Waals surface area contributed by atoms with Gasteiger partial charge in [0.05, 0.1) is 13.2 Å². The minimum Gasteiger partial charge on any atom is -0.481 e. The first-order chi connectivity index (χ1) is 7.44. The number of aliphatic hydroxyl groups excluding tert-OH is 1. The highest BCUT2D eigenvalue weighted by molar-refractivity contribution is 5.27. The molecule has 0 saturated carbocycles. The molecule has 0 bridgehead atoms. The second-order valence-corrected chi connectivity index (χ2v) is 4.75. The van der Waals surface area contributed by atoms with Crippen LogP contribution < -0.4 is 10.1 Å². The molecule has 0 radical (unpaired) electrons. The first kappa shape index (κ1) is 12.9. The Kier molecular flexibility index (Phi) is 4.26. The van der Waals surface area contributed by atoms with Gasteiger partial charge in [-0.2, -0.15) is 0 Å². The molecule has 0 unspecified atom stereocenters. The van der Waals surface area contributed by atoms with Crippen LogP contribution in [0.2, 0.25) is 0 Å². The van der Waals surface area contributed by atoms with Crippen molar-refractivity contribution in [3.05, 3.63) is 23.9 Å². The summed E-state index contributed by atoms with van der Waals surface area (Å²) in [7, 11) is 1.55. The van der Waals surface area contributed by atoms with E-state index >= 15 is 0 Å². The summed E-state index contributed by atoms with van der Waals surface area (Å²) in [5, 5.41) is 13.3. The molecule has 0 aliphatic heterocycles. The fourth-order valence-electron chi connectivity index (χ4n) is 1.34. The molecule has 2 N–H and O–H groups in total. The van der Waals surface area contributed by atoms with Gasteiger partial charge in [0.1, 0.15) is 0 Å². The molecular formula is C12H20N2O2. The van der Waals surface area contributed by atoms with Gasteiger partial charge in [0.2, 0.25) is 5.88 Å². The first-order valence-corrected chi connectivity index (χ1v) is 5.36. The van der Waals surface area contributed by atoms with Crippen LogP contribution in [0.4, 0.5) is 0 Å². The number of hydrogen-bond acceptors (Lipinski definition) is 4. The van der Waals surface area contributed by atoms with Crippen molar-refractivity contribution in [2.45, 2.75) is 32.4 Å². The van der Waals surface area contributed by atoms with Crippen LogP contribution >= 0.6 is 0 Å². The Labute approximate surface area is 96.7 Å². The van der Waals surface area contributed by atoms with E-state index in [9.17, 15) is 5.11 Å². The normalized spacial score (nSPS) is 13.6. The number of pyridine rings is 1. The lowest BCUT2D eigenvalue weighted by Crippen LogP contribution is -2.38. The smallest absolute Gasteiger partial charge is 0.218 e. The molecule has 4 nitrogen and oxygen atoms in total. The average molecular weight is 224 g/mol. The van der Waals surface area contributed by atoms with Crippen molar-refractivity contribution >= 4 is 0 Å². The summed E-state index contributed by atoms with van der Waals surface area (Å²) < 4.78 is 5.10. The molecule has 0 spiro atoms. The van der Waals surface area contributed by atoms with E-state index in [4.69, 9.17) is 4.74 Å². The highest BCUT2D eigenvalue weighted by Gasteiger charge is 2.16. The summed E-state index contributed by atoms with van der Waals surface area (Å²) in [5.74, 6) is 0.478. The number of rotatable bonds is 4. The summed E-state index contributed by atoms with van der Waals surface area (Å²) in [6.07, 6.45) is 1.04. The van der Waals surface area contributed by atoms with E-state index in [1.165, 1.54) is 0 Å². The van der Waals surface area contributed by atoms with Crippen molar-refractivity contribution in [2.75, 3.05) is 13.7 Å². The maximum Gasteiger partial charge on any atom is 0.218 e. The van der Waals surface area contributed by atoms with E-state index in [0.29, 0.717) is 18.0 Å². The monoisotopic (exact) mass is 224 g/mol. The van der Waals surface area contributed by atoms with Crippen molar-refractivity contribution in [2.24, 2.45) is 0 Å². The highest BCUT2D eigenvalue weighted by atomic mass is 16.5. The van der Waals surface area contributed by atoms with Crippen LogP contribution in [-0.2, 0) is 0 Å². The molecule has 16 heavy (non-hydrogen) atoms. The fraction of sp³-hybridized carbons (Fsp3) is 0.583. The molecule has 1 atom stereocenters. The van der Waals surface area contributed by atoms with Crippen LogP contribution in [-0.4, -0.2) is 29.3 Å². The Balaban J connectivity index is 2.69. The van der Waals surface area contributed by atoms with Gasteiger partial charge in [-0.3, -0.25) is 0 Å². The zero-order valence-electron chi connectivity index (χ0n) is 10.3. The Morgan fingerprint density at radius 2 is 2.19 bits per heavy atom. The molecule has 0 aliphatic carbocycles. The molecule has 0 aromatic carbocycles. The van der Waals surface area contributed by atoms with Crippen molar-refractivity contribution < 1.29 is 9.84 Å². The number of nitrogens with zero attached hydrogens (tertiary/aromatic N) is 1. The zero-order valence-corrected chi connectivity index (χ0v) is 10.3. The Hall–Kier alpha value is -1.13. The minimum atomic E-state index is -0.608. The van der Waals surface area contributed by atoms with E-state index in [-0.39, 0.29) is 5.54 Å². The second kappa shape index (κ2) is 5.27. The molecule has 1 aromatic heterocycles. The van der Waals surface area contributed by atoms with E-state index in [1.807, 2.05) is 6.07 Å². The molecule has 4 heteroatoms. The number of aliphatic hydroxyl groups is 1. The number of β-amino-alcohol motifs (C(OH)–C–C–N with tert-alkyl or cyclic N) is 1. The molecule has 0 aliphatic rings. The quantitative estimate of drug-likeness (QED) is 0.814. The van der Waals surface area contributed by atoms with Crippen molar-refractivity contribution in [3.63, 3.8) is 0 Å². The van der Waals surface area contributed by atoms with Gasteiger partial charge in [-0.1, -0.05) is 0 Å². The van der Waals surface area contributed by atoms with Crippen molar-refractivity contribution in [1.29, 1.82) is 0 Å². The lowest BCUT2D eigenvalue weighted by Gasteiger charge is -2.23.